The first-order chi connectivity index (χ1) is 1.73. The molecular formula is FIPS-. The molecule has 0 aliphatic heterocycles. The van der Waals surface area contributed by atoms with Crippen LogP contribution in [0.3, 0.4) is 0 Å². The summed E-state index contributed by atoms with van der Waals surface area (Å²) in [5.41, 5.74) is 0. The van der Waals surface area contributed by atoms with Crippen molar-refractivity contribution in [2.45, 2.75) is 0 Å². The predicted molar refractivity (Wildman–Crippen MR) is 29.4 cm³/mol. The van der Waals surface area contributed by atoms with Crippen LogP contribution in [0, 0.1) is 0 Å². The Bertz CT molecular complexity index is 54.2. The predicted octanol–water partition coefficient (Wildman–Crippen LogP) is 2.16. The van der Waals surface area contributed by atoms with E-state index in [0.29, 0.717) is 0 Å². The zero-order valence-corrected chi connectivity index (χ0v) is 5.48. The molecule has 0 saturated carbocycles. The molecule has 0 atom stereocenters. The number of hydrogen-bond acceptors (Lipinski definition) is 1. The molecule has 0 aromatic rings. The Morgan fingerprint density at radius 3 is 2.00 bits per heavy atom. The van der Waals surface area contributed by atoms with Gasteiger partial charge in [-0.3, -0.25) is 0 Å². The second-order valence-electron chi connectivity index (χ2n) is 0.196. The Morgan fingerprint density at radius 1 is 2.00 bits per heavy atom. The summed E-state index contributed by atoms with van der Waals surface area (Å²) >= 11 is 1.57. The first-order valence-corrected chi connectivity index (χ1v) is 5.21. The van der Waals surface area contributed by atoms with E-state index in [2.05, 4.69) is 7.81 Å². The quantitative estimate of drug-likeness (QED) is 0.325. The van der Waals surface area contributed by atoms with Crippen molar-refractivity contribution in [3.05, 3.63) is 0 Å². The van der Waals surface area contributed by atoms with Gasteiger partial charge in [-0.05, 0) is 0 Å². The van der Waals surface area contributed by atoms with E-state index in [9.17, 15) is 3.89 Å². The van der Waals surface area contributed by atoms with Gasteiger partial charge in [0.05, 0.1) is 0 Å². The SMILES string of the molecule is F[S-](#P)I. The van der Waals surface area contributed by atoms with Crippen molar-refractivity contribution in [2.75, 3.05) is 0 Å². The van der Waals surface area contributed by atoms with Gasteiger partial charge in [-0.15, -0.1) is 0 Å². The topological polar surface area (TPSA) is 0 Å². The molecule has 0 fully saturated rings. The van der Waals surface area contributed by atoms with Crippen molar-refractivity contribution in [1.82, 2.24) is 0 Å². The van der Waals surface area contributed by atoms with Crippen molar-refractivity contribution < 1.29 is 3.89 Å². The zero-order chi connectivity index (χ0) is 3.58. The summed E-state index contributed by atoms with van der Waals surface area (Å²) in [6.07, 6.45) is 0. The summed E-state index contributed by atoms with van der Waals surface area (Å²) in [5, 5.41) is 0. The van der Waals surface area contributed by atoms with Gasteiger partial charge in [0, 0.05) is 0 Å². The van der Waals surface area contributed by atoms with Crippen LogP contribution in [-0.4, -0.2) is 0 Å². The van der Waals surface area contributed by atoms with Crippen molar-refractivity contribution in [3.63, 3.8) is 0 Å². The van der Waals surface area contributed by atoms with E-state index in [-0.39, 0.29) is 0 Å². The molecule has 4 heteroatoms. The summed E-state index contributed by atoms with van der Waals surface area (Å²) in [6, 6.07) is 0. The minimum atomic E-state index is -1.20. The van der Waals surface area contributed by atoms with Gasteiger partial charge in [0.2, 0.25) is 0 Å². The molecule has 4 heavy (non-hydrogen) atoms. The van der Waals surface area contributed by atoms with E-state index in [1.54, 1.807) is 21.2 Å². The van der Waals surface area contributed by atoms with Gasteiger partial charge in [0.25, 0.3) is 0 Å². The number of halogens is 2. The van der Waals surface area contributed by atoms with E-state index in [4.69, 9.17) is 0 Å². The van der Waals surface area contributed by atoms with Gasteiger partial charge in [-0.2, -0.15) is 0 Å². The van der Waals surface area contributed by atoms with E-state index in [0.717, 1.165) is 0 Å². The van der Waals surface area contributed by atoms with Crippen LogP contribution in [0.2, 0.25) is 0 Å². The molecule has 0 aliphatic rings. The second kappa shape index (κ2) is 2.67. The van der Waals surface area contributed by atoms with E-state index >= 15 is 0 Å². The Hall–Kier alpha value is 1.44. The third-order valence-electron chi connectivity index (χ3n) is 0. The van der Waals surface area contributed by atoms with Gasteiger partial charge in [0.15, 0.2) is 0 Å². The van der Waals surface area contributed by atoms with Crippen LogP contribution in [-0.2, 0) is 7.43 Å². The average Bonchev–Trinajstić information content (AvgIpc) is 0.811. The van der Waals surface area contributed by atoms with Crippen LogP contribution >= 0.6 is 29.0 Å². The Kier molecular flexibility index (Phi) is 3.62. The Balaban J connectivity index is 3.02. The molecule has 0 radical (unpaired) electrons. The standard InChI is InChI=1S/FIPS/c1-4(2)3/q-1. The molecule has 0 heterocycles. The molecule has 0 aromatic carbocycles. The summed E-state index contributed by atoms with van der Waals surface area (Å²) in [4.78, 5) is 0. The van der Waals surface area contributed by atoms with Crippen molar-refractivity contribution in [2.24, 2.45) is 0 Å². The van der Waals surface area contributed by atoms with Crippen LogP contribution in [0.5, 0.6) is 0 Å². The molecule has 0 N–H and O–H groups in total. The zero-order valence-electron chi connectivity index (χ0n) is 1.61. The van der Waals surface area contributed by atoms with Gasteiger partial charge < -0.3 is 0 Å². The number of hydrogen-bond donors (Lipinski definition) is 0. The normalized spacial score (nSPS) is 8.50. The summed E-state index contributed by atoms with van der Waals surface area (Å²) < 4.78 is 10.9. The maximum absolute atomic E-state index is 10.9. The third-order valence-corrected chi connectivity index (χ3v) is 0. The fourth-order valence-electron chi connectivity index (χ4n) is 0. The van der Waals surface area contributed by atoms with Crippen LogP contribution in [0.4, 0.5) is 3.89 Å². The summed E-state index contributed by atoms with van der Waals surface area (Å²) in [5.74, 6) is 0. The van der Waals surface area contributed by atoms with Crippen molar-refractivity contribution in [3.8, 4) is 0 Å². The molecule has 0 saturated heterocycles. The molecule has 0 aromatic heterocycles. The summed E-state index contributed by atoms with van der Waals surface area (Å²) in [7, 11) is 2.12. The van der Waals surface area contributed by atoms with Crippen LogP contribution in [0.1, 0.15) is 0 Å². The molecule has 0 rings (SSSR count). The van der Waals surface area contributed by atoms with E-state index in [1.807, 2.05) is 0 Å². The average molecular weight is 209 g/mol. The van der Waals surface area contributed by atoms with Crippen LogP contribution in [0.15, 0.2) is 0 Å². The van der Waals surface area contributed by atoms with Gasteiger partial charge >= 0.3 is 40.3 Å². The second-order valence-corrected chi connectivity index (χ2v) is 5.96. The van der Waals surface area contributed by atoms with E-state index in [1.165, 1.54) is 0 Å². The molecule has 0 bridgehead atoms. The molecule has 0 unspecified atom stereocenters. The fourth-order valence-corrected chi connectivity index (χ4v) is 0. The van der Waals surface area contributed by atoms with Crippen molar-refractivity contribution >= 4 is 36.4 Å². The molecule has 0 aliphatic carbocycles. The molecule has 0 spiro atoms. The van der Waals surface area contributed by atoms with Crippen LogP contribution in [0.25, 0.3) is 0 Å². The van der Waals surface area contributed by atoms with Gasteiger partial charge in [-0.1, -0.05) is 0 Å². The third kappa shape index (κ3) is 9.88. The monoisotopic (exact) mass is 209 g/mol. The summed E-state index contributed by atoms with van der Waals surface area (Å²) in [6.45, 7) is 0. The first kappa shape index (κ1) is 5.44. The van der Waals surface area contributed by atoms with Crippen molar-refractivity contribution in [1.29, 1.82) is 0 Å². The fraction of sp³-hybridized carbons (Fsp3) is 0. The molecule has 26 valence electrons. The number of rotatable bonds is 0. The van der Waals surface area contributed by atoms with Crippen LogP contribution < -0.4 is 0 Å². The molecular weight excluding hydrogens is 209 g/mol. The molecule has 0 amide bonds. The maximum atomic E-state index is 10.9. The van der Waals surface area contributed by atoms with Gasteiger partial charge in [-0.25, -0.2) is 0 Å². The minimum absolute atomic E-state index is 1.20. The van der Waals surface area contributed by atoms with E-state index < -0.39 is 7.43 Å². The Morgan fingerprint density at radius 2 is 2.00 bits per heavy atom. The first-order valence-electron chi connectivity index (χ1n) is 0.491. The Labute approximate surface area is 40.4 Å². The molecule has 0 nitrogen and oxygen atoms in total. The van der Waals surface area contributed by atoms with Gasteiger partial charge in [0.1, 0.15) is 0 Å².